The SMILES string of the molecule is C=CC(=O)NC1CC(NC(=O)c2nn(Cc3ccc(F)cc3)c3c2CN(C(=O)c2ccc[nH]2)C[C@H]3C)C1. The van der Waals surface area contributed by atoms with Crippen molar-refractivity contribution >= 4 is 17.7 Å². The van der Waals surface area contributed by atoms with Crippen LogP contribution in [0.4, 0.5) is 4.39 Å². The summed E-state index contributed by atoms with van der Waals surface area (Å²) in [6.07, 6.45) is 4.18. The number of aromatic nitrogens is 3. The molecule has 3 heterocycles. The van der Waals surface area contributed by atoms with Gasteiger partial charge < -0.3 is 20.5 Å². The van der Waals surface area contributed by atoms with Crippen LogP contribution in [0, 0.1) is 5.82 Å². The van der Waals surface area contributed by atoms with Crippen molar-refractivity contribution in [1.29, 1.82) is 0 Å². The molecule has 2 aliphatic rings. The van der Waals surface area contributed by atoms with Crippen LogP contribution < -0.4 is 10.6 Å². The lowest BCUT2D eigenvalue weighted by Gasteiger charge is -2.36. The summed E-state index contributed by atoms with van der Waals surface area (Å²) in [4.78, 5) is 42.7. The Labute approximate surface area is 213 Å². The molecule has 1 saturated carbocycles. The number of hydrogen-bond acceptors (Lipinski definition) is 4. The quantitative estimate of drug-likeness (QED) is 0.430. The van der Waals surface area contributed by atoms with Gasteiger partial charge in [0.25, 0.3) is 11.8 Å². The molecule has 0 bridgehead atoms. The summed E-state index contributed by atoms with van der Waals surface area (Å²) in [7, 11) is 0. The highest BCUT2D eigenvalue weighted by atomic mass is 19.1. The van der Waals surface area contributed by atoms with Gasteiger partial charge in [0.1, 0.15) is 11.5 Å². The Morgan fingerprint density at radius 3 is 2.57 bits per heavy atom. The lowest BCUT2D eigenvalue weighted by molar-refractivity contribution is -0.117. The molecule has 1 aromatic carbocycles. The molecule has 3 aromatic rings. The van der Waals surface area contributed by atoms with Crippen molar-refractivity contribution < 1.29 is 18.8 Å². The van der Waals surface area contributed by atoms with Gasteiger partial charge in [-0.25, -0.2) is 4.39 Å². The summed E-state index contributed by atoms with van der Waals surface area (Å²) in [5.74, 6) is -1.07. The Kier molecular flexibility index (Phi) is 6.64. The zero-order chi connectivity index (χ0) is 26.1. The number of halogens is 1. The fraction of sp³-hybridized carbons (Fsp3) is 0.333. The fourth-order valence-electron chi connectivity index (χ4n) is 5.11. The first kappa shape index (κ1) is 24.5. The lowest BCUT2D eigenvalue weighted by atomic mass is 9.86. The highest BCUT2D eigenvalue weighted by molar-refractivity contribution is 5.96. The topological polar surface area (TPSA) is 112 Å². The Morgan fingerprint density at radius 2 is 1.89 bits per heavy atom. The molecule has 3 N–H and O–H groups in total. The van der Waals surface area contributed by atoms with Gasteiger partial charge in [-0.1, -0.05) is 25.6 Å². The predicted octanol–water partition coefficient (Wildman–Crippen LogP) is 2.72. The number of rotatable bonds is 7. The Morgan fingerprint density at radius 1 is 1.16 bits per heavy atom. The molecule has 1 fully saturated rings. The van der Waals surface area contributed by atoms with E-state index in [1.165, 1.54) is 18.2 Å². The second-order valence-corrected chi connectivity index (χ2v) is 9.72. The van der Waals surface area contributed by atoms with Crippen molar-refractivity contribution in [2.75, 3.05) is 6.54 Å². The molecule has 1 atom stereocenters. The Balaban J connectivity index is 1.40. The second-order valence-electron chi connectivity index (χ2n) is 9.72. The van der Waals surface area contributed by atoms with E-state index in [0.29, 0.717) is 37.2 Å². The molecule has 1 aliphatic heterocycles. The van der Waals surface area contributed by atoms with Crippen LogP contribution >= 0.6 is 0 Å². The maximum absolute atomic E-state index is 13.4. The minimum atomic E-state index is -0.318. The van der Waals surface area contributed by atoms with E-state index in [4.69, 9.17) is 5.10 Å². The number of nitrogens with zero attached hydrogens (tertiary/aromatic N) is 3. The van der Waals surface area contributed by atoms with Gasteiger partial charge in [0.2, 0.25) is 5.91 Å². The zero-order valence-corrected chi connectivity index (χ0v) is 20.5. The van der Waals surface area contributed by atoms with Crippen LogP contribution in [-0.2, 0) is 17.9 Å². The molecular weight excluding hydrogens is 475 g/mol. The molecule has 2 aromatic heterocycles. The van der Waals surface area contributed by atoms with E-state index < -0.39 is 0 Å². The van der Waals surface area contributed by atoms with E-state index in [1.807, 2.05) is 6.92 Å². The third-order valence-corrected chi connectivity index (χ3v) is 6.99. The van der Waals surface area contributed by atoms with Crippen LogP contribution in [0.1, 0.15) is 63.5 Å². The average molecular weight is 505 g/mol. The molecule has 0 spiro atoms. The zero-order valence-electron chi connectivity index (χ0n) is 20.5. The first-order chi connectivity index (χ1) is 17.8. The highest BCUT2D eigenvalue weighted by Gasteiger charge is 2.37. The first-order valence-corrected chi connectivity index (χ1v) is 12.3. The Hall–Kier alpha value is -4.21. The smallest absolute Gasteiger partial charge is 0.272 e. The summed E-state index contributed by atoms with van der Waals surface area (Å²) in [5.41, 5.74) is 3.24. The average Bonchev–Trinajstić information content (AvgIpc) is 3.52. The summed E-state index contributed by atoms with van der Waals surface area (Å²) in [6.45, 7) is 6.58. The molecule has 1 aliphatic carbocycles. The van der Waals surface area contributed by atoms with Gasteiger partial charge in [-0.2, -0.15) is 5.10 Å². The van der Waals surface area contributed by atoms with Crippen molar-refractivity contribution in [3.63, 3.8) is 0 Å². The van der Waals surface area contributed by atoms with E-state index in [2.05, 4.69) is 22.2 Å². The van der Waals surface area contributed by atoms with E-state index >= 15 is 0 Å². The van der Waals surface area contributed by atoms with Crippen LogP contribution in [0.25, 0.3) is 0 Å². The summed E-state index contributed by atoms with van der Waals surface area (Å²) >= 11 is 0. The van der Waals surface area contributed by atoms with Gasteiger partial charge in [-0.15, -0.1) is 0 Å². The van der Waals surface area contributed by atoms with Crippen LogP contribution in [0.3, 0.4) is 0 Å². The second kappa shape index (κ2) is 10.0. The van der Waals surface area contributed by atoms with Crippen LogP contribution in [0.5, 0.6) is 0 Å². The lowest BCUT2D eigenvalue weighted by Crippen LogP contribution is -2.53. The van der Waals surface area contributed by atoms with Gasteiger partial charge in [-0.05, 0) is 48.7 Å². The monoisotopic (exact) mass is 504 g/mol. The molecular formula is C27H29FN6O3. The molecule has 9 nitrogen and oxygen atoms in total. The van der Waals surface area contributed by atoms with Crippen molar-refractivity contribution in [3.05, 3.63) is 89.3 Å². The number of carbonyl (C=O) groups excluding carboxylic acids is 3. The molecule has 37 heavy (non-hydrogen) atoms. The number of carbonyl (C=O) groups is 3. The van der Waals surface area contributed by atoms with Crippen molar-refractivity contribution in [3.8, 4) is 0 Å². The summed E-state index contributed by atoms with van der Waals surface area (Å²) in [6, 6.07) is 9.61. The molecule has 3 amide bonds. The van der Waals surface area contributed by atoms with Crippen molar-refractivity contribution in [2.45, 2.75) is 50.9 Å². The van der Waals surface area contributed by atoms with Crippen molar-refractivity contribution in [2.24, 2.45) is 0 Å². The van der Waals surface area contributed by atoms with Crippen LogP contribution in [0.2, 0.25) is 0 Å². The number of hydrogen-bond donors (Lipinski definition) is 3. The number of fused-ring (bicyclic) bond motifs is 1. The van der Waals surface area contributed by atoms with Gasteiger partial charge in [0, 0.05) is 42.0 Å². The molecule has 10 heteroatoms. The van der Waals surface area contributed by atoms with Crippen LogP contribution in [-0.4, -0.2) is 56.0 Å². The molecule has 5 rings (SSSR count). The maximum Gasteiger partial charge on any atom is 0.272 e. The minimum Gasteiger partial charge on any atom is -0.357 e. The van der Waals surface area contributed by atoms with Gasteiger partial charge in [-0.3, -0.25) is 19.1 Å². The third kappa shape index (κ3) is 5.04. The van der Waals surface area contributed by atoms with Gasteiger partial charge in [0.15, 0.2) is 5.69 Å². The maximum atomic E-state index is 13.4. The summed E-state index contributed by atoms with van der Waals surface area (Å²) < 4.78 is 15.2. The number of benzene rings is 1. The van der Waals surface area contributed by atoms with Gasteiger partial charge >= 0.3 is 0 Å². The number of aromatic amines is 1. The largest absolute Gasteiger partial charge is 0.357 e. The van der Waals surface area contributed by atoms with E-state index in [1.54, 1.807) is 40.0 Å². The van der Waals surface area contributed by atoms with Gasteiger partial charge in [0.05, 0.1) is 13.1 Å². The minimum absolute atomic E-state index is 0.00493. The number of H-pyrrole nitrogens is 1. The Bertz CT molecular complexity index is 1320. The molecule has 192 valence electrons. The van der Waals surface area contributed by atoms with E-state index in [9.17, 15) is 18.8 Å². The van der Waals surface area contributed by atoms with E-state index in [0.717, 1.165) is 11.3 Å². The standard InChI is InChI=1S/C27H29FN6O3/c1-3-23(35)30-19-11-20(12-19)31-26(36)24-21-15-33(27(37)22-5-4-10-29-22)13-16(2)25(21)34(32-24)14-17-6-8-18(28)9-7-17/h3-10,16,19-20,29H,1,11-15H2,2H3,(H,30,35)(H,31,36)/t16-,19?,20?/m1/s1. The predicted molar refractivity (Wildman–Crippen MR) is 134 cm³/mol. The van der Waals surface area contributed by atoms with Crippen molar-refractivity contribution in [1.82, 2.24) is 30.3 Å². The third-order valence-electron chi connectivity index (χ3n) is 6.99. The molecule has 0 radical (unpaired) electrons. The fourth-order valence-corrected chi connectivity index (χ4v) is 5.11. The first-order valence-electron chi connectivity index (χ1n) is 12.3. The number of amides is 3. The number of nitrogens with one attached hydrogen (secondary N) is 3. The molecule has 0 saturated heterocycles. The van der Waals surface area contributed by atoms with E-state index in [-0.39, 0.29) is 53.8 Å². The highest BCUT2D eigenvalue weighted by Crippen LogP contribution is 2.32. The normalized spacial score (nSPS) is 20.5. The summed E-state index contributed by atoms with van der Waals surface area (Å²) in [5, 5.41) is 10.5. The molecule has 0 unspecified atom stereocenters. The van der Waals surface area contributed by atoms with Crippen LogP contribution in [0.15, 0.2) is 55.3 Å².